The summed E-state index contributed by atoms with van der Waals surface area (Å²) >= 11 is 0. The highest BCUT2D eigenvalue weighted by Crippen LogP contribution is 2.31. The number of nitriles is 1. The maximum absolute atomic E-state index is 12.8. The maximum atomic E-state index is 12.8. The highest BCUT2D eigenvalue weighted by molar-refractivity contribution is 5.94. The third-order valence-corrected chi connectivity index (χ3v) is 6.66. The fraction of sp³-hybridized carbons (Fsp3) is 0.385. The number of pyridine rings is 1. The lowest BCUT2D eigenvalue weighted by Crippen LogP contribution is -2.40. The lowest BCUT2D eigenvalue weighted by molar-refractivity contribution is 0.122. The van der Waals surface area contributed by atoms with E-state index >= 15 is 0 Å². The van der Waals surface area contributed by atoms with E-state index in [0.717, 1.165) is 74.6 Å². The number of hydrogen-bond donors (Lipinski definition) is 0. The normalized spacial score (nSPS) is 17.2. The van der Waals surface area contributed by atoms with Gasteiger partial charge in [0.15, 0.2) is 0 Å². The number of aryl methyl sites for hydroxylation is 1. The fourth-order valence-electron chi connectivity index (χ4n) is 4.86. The van der Waals surface area contributed by atoms with Crippen molar-refractivity contribution in [3.8, 4) is 11.8 Å². The average molecular weight is 445 g/mol. The monoisotopic (exact) mass is 444 g/mol. The zero-order chi connectivity index (χ0) is 22.8. The maximum Gasteiger partial charge on any atom is 0.270 e. The Kier molecular flexibility index (Phi) is 5.93. The standard InChI is InChI=1S/C26H28N4O3/c1-28-24-5-3-2-4-22(24)25(23(18-27)26(28)31)30-12-10-21(11-13-30)33-20-8-6-19(7-9-20)29-14-16-32-17-15-29/h2-9,21H,10-17H2,1H3. The number of morpholine rings is 1. The van der Waals surface area contributed by atoms with Crippen LogP contribution in [0.2, 0.25) is 0 Å². The van der Waals surface area contributed by atoms with Crippen LogP contribution in [0.1, 0.15) is 18.4 Å². The summed E-state index contributed by atoms with van der Waals surface area (Å²) in [6.45, 7) is 4.85. The fourth-order valence-corrected chi connectivity index (χ4v) is 4.86. The van der Waals surface area contributed by atoms with Gasteiger partial charge in [0.1, 0.15) is 23.5 Å². The Morgan fingerprint density at radius 1 is 0.970 bits per heavy atom. The van der Waals surface area contributed by atoms with Crippen molar-refractivity contribution in [2.75, 3.05) is 49.2 Å². The summed E-state index contributed by atoms with van der Waals surface area (Å²) in [6, 6.07) is 18.3. The van der Waals surface area contributed by atoms with E-state index in [-0.39, 0.29) is 17.2 Å². The number of aromatic nitrogens is 1. The predicted octanol–water partition coefficient (Wildman–Crippen LogP) is 3.29. The quantitative estimate of drug-likeness (QED) is 0.615. The zero-order valence-electron chi connectivity index (χ0n) is 18.9. The number of piperidine rings is 1. The van der Waals surface area contributed by atoms with Crippen molar-refractivity contribution in [3.05, 3.63) is 64.4 Å². The molecule has 0 amide bonds. The second-order valence-corrected chi connectivity index (χ2v) is 8.61. The van der Waals surface area contributed by atoms with Crippen LogP contribution >= 0.6 is 0 Å². The molecule has 7 heteroatoms. The SMILES string of the molecule is Cn1c(=O)c(C#N)c(N2CCC(Oc3ccc(N4CCOCC4)cc3)CC2)c2ccccc21. The van der Waals surface area contributed by atoms with Crippen molar-refractivity contribution in [1.82, 2.24) is 4.57 Å². The molecule has 7 nitrogen and oxygen atoms in total. The van der Waals surface area contributed by atoms with Crippen molar-refractivity contribution in [2.24, 2.45) is 7.05 Å². The molecule has 3 heterocycles. The van der Waals surface area contributed by atoms with Gasteiger partial charge >= 0.3 is 0 Å². The Labute approximate surface area is 193 Å². The summed E-state index contributed by atoms with van der Waals surface area (Å²) in [6.07, 6.45) is 1.78. The van der Waals surface area contributed by atoms with Crippen LogP contribution in [-0.4, -0.2) is 50.1 Å². The number of ether oxygens (including phenoxy) is 2. The summed E-state index contributed by atoms with van der Waals surface area (Å²) in [4.78, 5) is 17.3. The molecule has 33 heavy (non-hydrogen) atoms. The predicted molar refractivity (Wildman–Crippen MR) is 129 cm³/mol. The second-order valence-electron chi connectivity index (χ2n) is 8.61. The summed E-state index contributed by atoms with van der Waals surface area (Å²) in [5, 5.41) is 10.7. The third kappa shape index (κ3) is 4.14. The van der Waals surface area contributed by atoms with Gasteiger partial charge in [-0.3, -0.25) is 4.79 Å². The number of rotatable bonds is 4. The van der Waals surface area contributed by atoms with E-state index < -0.39 is 0 Å². The molecule has 1 aromatic heterocycles. The summed E-state index contributed by atoms with van der Waals surface area (Å²) < 4.78 is 13.3. The van der Waals surface area contributed by atoms with Crippen molar-refractivity contribution in [2.45, 2.75) is 18.9 Å². The van der Waals surface area contributed by atoms with Crippen LogP contribution in [0.5, 0.6) is 5.75 Å². The van der Waals surface area contributed by atoms with E-state index in [2.05, 4.69) is 28.0 Å². The van der Waals surface area contributed by atoms with Crippen molar-refractivity contribution >= 4 is 22.3 Å². The minimum absolute atomic E-state index is 0.110. The molecule has 0 saturated carbocycles. The first-order chi connectivity index (χ1) is 16.2. The minimum Gasteiger partial charge on any atom is -0.490 e. The Balaban J connectivity index is 1.29. The van der Waals surface area contributed by atoms with E-state index in [1.807, 2.05) is 36.4 Å². The topological polar surface area (TPSA) is 70.7 Å². The van der Waals surface area contributed by atoms with E-state index in [0.29, 0.717) is 0 Å². The van der Waals surface area contributed by atoms with Gasteiger partial charge in [-0.2, -0.15) is 5.26 Å². The minimum atomic E-state index is -0.245. The molecule has 0 bridgehead atoms. The smallest absolute Gasteiger partial charge is 0.270 e. The molecule has 2 fully saturated rings. The molecular weight excluding hydrogens is 416 g/mol. The van der Waals surface area contributed by atoms with Gasteiger partial charge in [-0.1, -0.05) is 18.2 Å². The molecule has 2 saturated heterocycles. The van der Waals surface area contributed by atoms with Gasteiger partial charge in [0.2, 0.25) is 0 Å². The number of hydrogen-bond acceptors (Lipinski definition) is 6. The Morgan fingerprint density at radius 2 is 1.67 bits per heavy atom. The first-order valence-corrected chi connectivity index (χ1v) is 11.5. The molecule has 0 aliphatic carbocycles. The number of nitrogens with zero attached hydrogens (tertiary/aromatic N) is 4. The Hall–Kier alpha value is -3.50. The Bertz CT molecular complexity index is 1230. The first-order valence-electron chi connectivity index (χ1n) is 11.5. The van der Waals surface area contributed by atoms with Gasteiger partial charge in [0.05, 0.1) is 24.4 Å². The number of para-hydroxylation sites is 1. The van der Waals surface area contributed by atoms with E-state index in [4.69, 9.17) is 9.47 Å². The van der Waals surface area contributed by atoms with E-state index in [9.17, 15) is 10.1 Å². The summed E-state index contributed by atoms with van der Waals surface area (Å²) in [7, 11) is 1.72. The van der Waals surface area contributed by atoms with E-state index in [1.165, 1.54) is 5.69 Å². The first kappa shape index (κ1) is 21.4. The molecule has 0 unspecified atom stereocenters. The lowest BCUT2D eigenvalue weighted by Gasteiger charge is -2.35. The summed E-state index contributed by atoms with van der Waals surface area (Å²) in [5.41, 5.74) is 2.76. The molecule has 5 rings (SSSR count). The zero-order valence-corrected chi connectivity index (χ0v) is 18.9. The number of fused-ring (bicyclic) bond motifs is 1. The van der Waals surface area contributed by atoms with Crippen LogP contribution < -0.4 is 20.1 Å². The molecule has 0 spiro atoms. The van der Waals surface area contributed by atoms with Gasteiger partial charge in [0.25, 0.3) is 5.56 Å². The van der Waals surface area contributed by atoms with E-state index in [1.54, 1.807) is 11.6 Å². The molecular formula is C26H28N4O3. The highest BCUT2D eigenvalue weighted by Gasteiger charge is 2.26. The molecule has 0 N–H and O–H groups in total. The average Bonchev–Trinajstić information content (AvgIpc) is 2.88. The number of anilines is 2. The van der Waals surface area contributed by atoms with Crippen LogP contribution in [0.3, 0.4) is 0 Å². The number of benzene rings is 2. The van der Waals surface area contributed by atoms with Crippen LogP contribution in [0, 0.1) is 11.3 Å². The molecule has 3 aromatic rings. The van der Waals surface area contributed by atoms with Crippen LogP contribution in [-0.2, 0) is 11.8 Å². The highest BCUT2D eigenvalue weighted by atomic mass is 16.5. The van der Waals surface area contributed by atoms with Gasteiger partial charge in [0, 0.05) is 57.1 Å². The van der Waals surface area contributed by atoms with Gasteiger partial charge in [-0.25, -0.2) is 0 Å². The molecule has 2 aliphatic heterocycles. The van der Waals surface area contributed by atoms with Gasteiger partial charge < -0.3 is 23.8 Å². The molecule has 0 radical (unpaired) electrons. The molecule has 0 atom stereocenters. The molecule has 2 aromatic carbocycles. The van der Waals surface area contributed by atoms with Crippen molar-refractivity contribution in [1.29, 1.82) is 5.26 Å². The van der Waals surface area contributed by atoms with Crippen LogP contribution in [0.15, 0.2) is 53.3 Å². The molecule has 2 aliphatic rings. The molecule has 170 valence electrons. The van der Waals surface area contributed by atoms with Crippen molar-refractivity contribution < 1.29 is 9.47 Å². The third-order valence-electron chi connectivity index (χ3n) is 6.66. The summed E-state index contributed by atoms with van der Waals surface area (Å²) in [5.74, 6) is 0.877. The van der Waals surface area contributed by atoms with Gasteiger partial charge in [-0.15, -0.1) is 0 Å². The Morgan fingerprint density at radius 3 is 2.36 bits per heavy atom. The largest absolute Gasteiger partial charge is 0.490 e. The lowest BCUT2D eigenvalue weighted by atomic mass is 10.0. The second kappa shape index (κ2) is 9.16. The van der Waals surface area contributed by atoms with Crippen LogP contribution in [0.4, 0.5) is 11.4 Å². The van der Waals surface area contributed by atoms with Crippen molar-refractivity contribution in [3.63, 3.8) is 0 Å². The van der Waals surface area contributed by atoms with Gasteiger partial charge in [-0.05, 0) is 30.3 Å². The van der Waals surface area contributed by atoms with Crippen LogP contribution in [0.25, 0.3) is 10.9 Å².